The number of aryl methyl sites for hydroxylation is 3. The molecule has 1 heterocycles. The molecule has 0 radical (unpaired) electrons. The van der Waals surface area contributed by atoms with Gasteiger partial charge in [0.15, 0.2) is 6.10 Å². The van der Waals surface area contributed by atoms with Crippen LogP contribution in [0.2, 0.25) is 0 Å². The van der Waals surface area contributed by atoms with Gasteiger partial charge in [-0.3, -0.25) is 0 Å². The highest BCUT2D eigenvalue weighted by Gasteiger charge is 2.27. The van der Waals surface area contributed by atoms with Crippen LogP contribution < -0.4 is 0 Å². The van der Waals surface area contributed by atoms with Crippen molar-refractivity contribution in [3.8, 4) is 5.75 Å². The number of para-hydroxylation sites is 1. The lowest BCUT2D eigenvalue weighted by Crippen LogP contribution is -2.06. The minimum atomic E-state index is -0.207. The summed E-state index contributed by atoms with van der Waals surface area (Å²) in [7, 11) is 0. The molecule has 3 heteroatoms. The van der Waals surface area contributed by atoms with Crippen LogP contribution in [-0.2, 0) is 4.84 Å². The second-order valence-electron chi connectivity index (χ2n) is 5.67. The van der Waals surface area contributed by atoms with Gasteiger partial charge in [-0.25, -0.2) is 0 Å². The zero-order valence-electron chi connectivity index (χ0n) is 12.6. The van der Waals surface area contributed by atoms with Crippen molar-refractivity contribution in [1.82, 2.24) is 0 Å². The maximum absolute atomic E-state index is 9.94. The van der Waals surface area contributed by atoms with Gasteiger partial charge in [0.05, 0.1) is 5.71 Å². The minimum Gasteiger partial charge on any atom is -0.508 e. The van der Waals surface area contributed by atoms with E-state index in [2.05, 4.69) is 38.1 Å². The van der Waals surface area contributed by atoms with Crippen molar-refractivity contribution in [1.29, 1.82) is 0 Å². The van der Waals surface area contributed by atoms with Crippen LogP contribution in [0.4, 0.5) is 0 Å². The van der Waals surface area contributed by atoms with E-state index < -0.39 is 0 Å². The van der Waals surface area contributed by atoms with E-state index in [1.807, 2.05) is 18.2 Å². The molecule has 1 aliphatic heterocycles. The predicted octanol–water partition coefficient (Wildman–Crippen LogP) is 4.18. The normalized spacial score (nSPS) is 17.5. The Bertz CT molecular complexity index is 696. The molecule has 3 rings (SSSR count). The van der Waals surface area contributed by atoms with E-state index in [0.29, 0.717) is 6.42 Å². The molecule has 0 saturated heterocycles. The molecule has 2 aromatic rings. The van der Waals surface area contributed by atoms with Crippen LogP contribution in [0, 0.1) is 20.8 Å². The van der Waals surface area contributed by atoms with E-state index in [1.165, 1.54) is 22.3 Å². The van der Waals surface area contributed by atoms with Crippen molar-refractivity contribution in [3.63, 3.8) is 0 Å². The molecule has 108 valence electrons. The Hall–Kier alpha value is -2.29. The van der Waals surface area contributed by atoms with Gasteiger partial charge in [-0.2, -0.15) is 0 Å². The molecule has 0 spiro atoms. The van der Waals surface area contributed by atoms with Crippen LogP contribution >= 0.6 is 0 Å². The SMILES string of the molecule is Cc1cc(C)c(C2=NOC(c3ccccc3O)C2)c(C)c1. The monoisotopic (exact) mass is 281 g/mol. The lowest BCUT2D eigenvalue weighted by molar-refractivity contribution is 0.0838. The van der Waals surface area contributed by atoms with Crippen molar-refractivity contribution >= 4 is 5.71 Å². The Labute approximate surface area is 124 Å². The topological polar surface area (TPSA) is 41.8 Å². The summed E-state index contributed by atoms with van der Waals surface area (Å²) in [6.07, 6.45) is 0.476. The van der Waals surface area contributed by atoms with E-state index in [1.54, 1.807) is 6.07 Å². The number of aromatic hydroxyl groups is 1. The molecule has 0 fully saturated rings. The van der Waals surface area contributed by atoms with Crippen LogP contribution in [-0.4, -0.2) is 10.8 Å². The molecule has 0 aromatic heterocycles. The Morgan fingerprint density at radius 3 is 2.43 bits per heavy atom. The van der Waals surface area contributed by atoms with Crippen LogP contribution in [0.5, 0.6) is 5.75 Å². The standard InChI is InChI=1S/C18H19NO2/c1-11-8-12(2)18(13(3)9-11)15-10-17(21-19-15)14-6-4-5-7-16(14)20/h4-9,17,20H,10H2,1-3H3. The van der Waals surface area contributed by atoms with Gasteiger partial charge in [-0.05, 0) is 38.0 Å². The number of rotatable bonds is 2. The van der Waals surface area contributed by atoms with Gasteiger partial charge in [0.2, 0.25) is 0 Å². The van der Waals surface area contributed by atoms with Gasteiger partial charge in [0, 0.05) is 17.5 Å². The minimum absolute atomic E-state index is 0.207. The lowest BCUT2D eigenvalue weighted by atomic mass is 9.92. The fourth-order valence-electron chi connectivity index (χ4n) is 3.09. The molecule has 2 aromatic carbocycles. The summed E-state index contributed by atoms with van der Waals surface area (Å²) in [5, 5.41) is 14.2. The van der Waals surface area contributed by atoms with Crippen LogP contribution in [0.3, 0.4) is 0 Å². The van der Waals surface area contributed by atoms with Crippen LogP contribution in [0.25, 0.3) is 0 Å². The molecule has 1 N–H and O–H groups in total. The summed E-state index contributed by atoms with van der Waals surface area (Å²) < 4.78 is 0. The summed E-state index contributed by atoms with van der Waals surface area (Å²) in [6, 6.07) is 11.6. The van der Waals surface area contributed by atoms with E-state index in [4.69, 9.17) is 4.84 Å². The molecule has 0 bridgehead atoms. The second kappa shape index (κ2) is 5.24. The largest absolute Gasteiger partial charge is 0.508 e. The van der Waals surface area contributed by atoms with E-state index in [0.717, 1.165) is 11.3 Å². The first-order valence-corrected chi connectivity index (χ1v) is 7.15. The first-order chi connectivity index (χ1) is 10.1. The Morgan fingerprint density at radius 2 is 1.76 bits per heavy atom. The molecule has 1 unspecified atom stereocenters. The Kier molecular flexibility index (Phi) is 3.42. The molecule has 21 heavy (non-hydrogen) atoms. The molecular formula is C18H19NO2. The number of oxime groups is 1. The number of benzene rings is 2. The highest BCUT2D eigenvalue weighted by atomic mass is 16.6. The summed E-state index contributed by atoms with van der Waals surface area (Å²) in [6.45, 7) is 6.30. The summed E-state index contributed by atoms with van der Waals surface area (Å²) in [5.74, 6) is 0.260. The molecular weight excluding hydrogens is 262 g/mol. The van der Waals surface area contributed by atoms with Gasteiger partial charge >= 0.3 is 0 Å². The third-order valence-electron chi connectivity index (χ3n) is 3.92. The summed E-state index contributed by atoms with van der Waals surface area (Å²) >= 11 is 0. The van der Waals surface area contributed by atoms with Gasteiger partial charge in [-0.15, -0.1) is 0 Å². The Morgan fingerprint density at radius 1 is 1.10 bits per heavy atom. The van der Waals surface area contributed by atoms with Gasteiger partial charge in [-0.1, -0.05) is 41.1 Å². The maximum Gasteiger partial charge on any atom is 0.161 e. The molecule has 1 aliphatic rings. The zero-order valence-corrected chi connectivity index (χ0v) is 12.6. The lowest BCUT2D eigenvalue weighted by Gasteiger charge is -2.12. The van der Waals surface area contributed by atoms with Crippen molar-refractivity contribution in [2.24, 2.45) is 5.16 Å². The van der Waals surface area contributed by atoms with Gasteiger partial charge < -0.3 is 9.94 Å². The third-order valence-corrected chi connectivity index (χ3v) is 3.92. The van der Waals surface area contributed by atoms with Crippen LogP contribution in [0.1, 0.15) is 40.3 Å². The van der Waals surface area contributed by atoms with E-state index >= 15 is 0 Å². The molecule has 0 aliphatic carbocycles. The molecule has 3 nitrogen and oxygen atoms in total. The summed E-state index contributed by atoms with van der Waals surface area (Å²) in [4.78, 5) is 5.56. The Balaban J connectivity index is 1.90. The van der Waals surface area contributed by atoms with E-state index in [9.17, 15) is 5.11 Å². The number of hydrogen-bond acceptors (Lipinski definition) is 3. The molecule has 1 atom stereocenters. The zero-order chi connectivity index (χ0) is 15.0. The van der Waals surface area contributed by atoms with Crippen molar-refractivity contribution < 1.29 is 9.94 Å². The fourth-order valence-corrected chi connectivity index (χ4v) is 3.09. The van der Waals surface area contributed by atoms with Crippen molar-refractivity contribution in [3.05, 3.63) is 64.2 Å². The van der Waals surface area contributed by atoms with Gasteiger partial charge in [0.25, 0.3) is 0 Å². The second-order valence-corrected chi connectivity index (χ2v) is 5.67. The first kappa shape index (κ1) is 13.7. The van der Waals surface area contributed by atoms with Crippen LogP contribution in [0.15, 0.2) is 41.6 Å². The fraction of sp³-hybridized carbons (Fsp3) is 0.278. The quantitative estimate of drug-likeness (QED) is 0.897. The van der Waals surface area contributed by atoms with Crippen molar-refractivity contribution in [2.75, 3.05) is 0 Å². The maximum atomic E-state index is 9.94. The highest BCUT2D eigenvalue weighted by Crippen LogP contribution is 2.35. The van der Waals surface area contributed by atoms with Gasteiger partial charge in [0.1, 0.15) is 5.75 Å². The average molecular weight is 281 g/mol. The number of hydrogen-bond donors (Lipinski definition) is 1. The predicted molar refractivity (Wildman–Crippen MR) is 83.7 cm³/mol. The number of nitrogens with zero attached hydrogens (tertiary/aromatic N) is 1. The third kappa shape index (κ3) is 2.51. The number of phenols is 1. The molecule has 0 amide bonds. The smallest absolute Gasteiger partial charge is 0.161 e. The highest BCUT2D eigenvalue weighted by molar-refractivity contribution is 6.03. The number of phenolic OH excluding ortho intramolecular Hbond substituents is 1. The van der Waals surface area contributed by atoms with Crippen molar-refractivity contribution in [2.45, 2.75) is 33.3 Å². The van der Waals surface area contributed by atoms with E-state index in [-0.39, 0.29) is 11.9 Å². The first-order valence-electron chi connectivity index (χ1n) is 7.15. The molecule has 0 saturated carbocycles. The average Bonchev–Trinajstić information content (AvgIpc) is 2.87. The summed E-state index contributed by atoms with van der Waals surface area (Å²) in [5.41, 5.74) is 6.60.